The first kappa shape index (κ1) is 15.4. The molecule has 0 aliphatic carbocycles. The van der Waals surface area contributed by atoms with Crippen LogP contribution in [0.25, 0.3) is 0 Å². The second-order valence-electron chi connectivity index (χ2n) is 5.05. The van der Waals surface area contributed by atoms with Crippen LogP contribution in [0.3, 0.4) is 0 Å². The van der Waals surface area contributed by atoms with Crippen molar-refractivity contribution in [2.75, 3.05) is 18.4 Å². The van der Waals surface area contributed by atoms with E-state index in [0.29, 0.717) is 37.1 Å². The first-order valence-electron chi connectivity index (χ1n) is 7.04. The van der Waals surface area contributed by atoms with Gasteiger partial charge in [-0.2, -0.15) is 0 Å². The van der Waals surface area contributed by atoms with Crippen LogP contribution >= 0.6 is 12.2 Å². The zero-order valence-electron chi connectivity index (χ0n) is 11.8. The minimum absolute atomic E-state index is 0.0923. The molecular formula is C15H19N3O2S. The predicted molar refractivity (Wildman–Crippen MR) is 86.0 cm³/mol. The van der Waals surface area contributed by atoms with Gasteiger partial charge in [0.25, 0.3) is 0 Å². The zero-order chi connectivity index (χ0) is 15.2. The fourth-order valence-electron chi connectivity index (χ4n) is 2.39. The van der Waals surface area contributed by atoms with Crippen molar-refractivity contribution in [3.05, 3.63) is 29.8 Å². The van der Waals surface area contributed by atoms with Crippen LogP contribution in [0.4, 0.5) is 5.69 Å². The number of nitrogens with two attached hydrogens (primary N) is 1. The van der Waals surface area contributed by atoms with Crippen molar-refractivity contribution in [2.45, 2.75) is 25.7 Å². The van der Waals surface area contributed by atoms with Gasteiger partial charge < -0.3 is 16.0 Å². The highest BCUT2D eigenvalue weighted by molar-refractivity contribution is 7.80. The van der Waals surface area contributed by atoms with Crippen LogP contribution in [0.1, 0.15) is 31.2 Å². The van der Waals surface area contributed by atoms with E-state index in [0.717, 1.165) is 13.0 Å². The van der Waals surface area contributed by atoms with Crippen molar-refractivity contribution < 1.29 is 9.59 Å². The zero-order valence-corrected chi connectivity index (χ0v) is 12.6. The molecule has 2 rings (SSSR count). The summed E-state index contributed by atoms with van der Waals surface area (Å²) in [5, 5.41) is 2.82. The second-order valence-corrected chi connectivity index (χ2v) is 5.49. The van der Waals surface area contributed by atoms with Gasteiger partial charge in [0.1, 0.15) is 4.99 Å². The fraction of sp³-hybridized carbons (Fsp3) is 0.400. The molecule has 1 aliphatic rings. The van der Waals surface area contributed by atoms with Gasteiger partial charge in [0.15, 0.2) is 0 Å². The Balaban J connectivity index is 1.82. The number of carbonyl (C=O) groups is 2. The first-order valence-corrected chi connectivity index (χ1v) is 7.45. The van der Waals surface area contributed by atoms with Crippen molar-refractivity contribution in [1.29, 1.82) is 0 Å². The SMILES string of the molecule is NC(=S)c1ccccc1NC(=O)CCCN1CCCC1=O. The number of nitrogens with one attached hydrogen (secondary N) is 1. The number of anilines is 1. The highest BCUT2D eigenvalue weighted by atomic mass is 32.1. The number of likely N-dealkylation sites (tertiary alicyclic amines) is 1. The normalized spacial score (nSPS) is 14.3. The largest absolute Gasteiger partial charge is 0.389 e. The number of para-hydroxylation sites is 1. The lowest BCUT2D eigenvalue weighted by Crippen LogP contribution is -2.26. The van der Waals surface area contributed by atoms with Crippen LogP contribution < -0.4 is 11.1 Å². The number of hydrogen-bond donors (Lipinski definition) is 2. The quantitative estimate of drug-likeness (QED) is 0.784. The molecule has 21 heavy (non-hydrogen) atoms. The average molecular weight is 305 g/mol. The monoisotopic (exact) mass is 305 g/mol. The summed E-state index contributed by atoms with van der Waals surface area (Å²) in [6.07, 6.45) is 2.59. The van der Waals surface area contributed by atoms with Gasteiger partial charge in [0, 0.05) is 31.5 Å². The maximum absolute atomic E-state index is 11.9. The fourth-order valence-corrected chi connectivity index (χ4v) is 2.57. The summed E-state index contributed by atoms with van der Waals surface area (Å²) < 4.78 is 0. The standard InChI is InChI=1S/C15H19N3O2S/c16-15(21)11-5-1-2-6-12(11)17-13(19)7-3-9-18-10-4-8-14(18)20/h1-2,5-6H,3-4,7-10H2,(H2,16,21)(H,17,19). The smallest absolute Gasteiger partial charge is 0.224 e. The molecule has 6 heteroatoms. The lowest BCUT2D eigenvalue weighted by atomic mass is 10.1. The highest BCUT2D eigenvalue weighted by Crippen LogP contribution is 2.16. The van der Waals surface area contributed by atoms with E-state index in [-0.39, 0.29) is 16.8 Å². The number of rotatable bonds is 6. The molecule has 1 fully saturated rings. The van der Waals surface area contributed by atoms with Gasteiger partial charge in [0.05, 0.1) is 5.69 Å². The Morgan fingerprint density at radius 1 is 1.38 bits per heavy atom. The van der Waals surface area contributed by atoms with E-state index in [9.17, 15) is 9.59 Å². The summed E-state index contributed by atoms with van der Waals surface area (Å²) in [4.78, 5) is 25.5. The van der Waals surface area contributed by atoms with Gasteiger partial charge in [0.2, 0.25) is 11.8 Å². The summed E-state index contributed by atoms with van der Waals surface area (Å²) in [5.41, 5.74) is 6.92. The van der Waals surface area contributed by atoms with E-state index in [1.165, 1.54) is 0 Å². The molecule has 1 aromatic rings. The Kier molecular flexibility index (Phi) is 5.27. The Bertz CT molecular complexity index is 560. The molecule has 0 unspecified atom stereocenters. The number of amides is 2. The van der Waals surface area contributed by atoms with Crippen LogP contribution in [0, 0.1) is 0 Å². The van der Waals surface area contributed by atoms with E-state index in [2.05, 4.69) is 5.32 Å². The van der Waals surface area contributed by atoms with Gasteiger partial charge in [-0.05, 0) is 25.0 Å². The molecule has 1 aliphatic heterocycles. The van der Waals surface area contributed by atoms with E-state index in [4.69, 9.17) is 18.0 Å². The van der Waals surface area contributed by atoms with Crippen LogP contribution in [-0.2, 0) is 9.59 Å². The number of hydrogen-bond acceptors (Lipinski definition) is 3. The van der Waals surface area contributed by atoms with Gasteiger partial charge in [-0.15, -0.1) is 0 Å². The molecule has 0 spiro atoms. The van der Waals surface area contributed by atoms with Crippen molar-refractivity contribution >= 4 is 34.7 Å². The maximum Gasteiger partial charge on any atom is 0.224 e. The Morgan fingerprint density at radius 2 is 2.14 bits per heavy atom. The van der Waals surface area contributed by atoms with Gasteiger partial charge in [-0.25, -0.2) is 0 Å². The average Bonchev–Trinajstić information content (AvgIpc) is 2.85. The topological polar surface area (TPSA) is 75.4 Å². The molecule has 3 N–H and O–H groups in total. The van der Waals surface area contributed by atoms with Crippen LogP contribution in [0.2, 0.25) is 0 Å². The molecule has 112 valence electrons. The highest BCUT2D eigenvalue weighted by Gasteiger charge is 2.19. The number of benzene rings is 1. The Hall–Kier alpha value is -1.95. The second kappa shape index (κ2) is 7.17. The first-order chi connectivity index (χ1) is 10.1. The third-order valence-corrected chi connectivity index (χ3v) is 3.69. The molecule has 0 aromatic heterocycles. The molecule has 2 amide bonds. The van der Waals surface area contributed by atoms with E-state index < -0.39 is 0 Å². The number of carbonyl (C=O) groups excluding carboxylic acids is 2. The Labute approximate surface area is 129 Å². The summed E-state index contributed by atoms with van der Waals surface area (Å²) in [6, 6.07) is 7.20. The van der Waals surface area contributed by atoms with Crippen molar-refractivity contribution in [3.8, 4) is 0 Å². The molecule has 1 saturated heterocycles. The van der Waals surface area contributed by atoms with Gasteiger partial charge >= 0.3 is 0 Å². The molecule has 1 heterocycles. The van der Waals surface area contributed by atoms with Crippen molar-refractivity contribution in [1.82, 2.24) is 4.90 Å². The molecule has 5 nitrogen and oxygen atoms in total. The van der Waals surface area contributed by atoms with Gasteiger partial charge in [-0.1, -0.05) is 24.4 Å². The summed E-state index contributed by atoms with van der Waals surface area (Å²) in [6.45, 7) is 1.45. The molecule has 0 radical (unpaired) electrons. The summed E-state index contributed by atoms with van der Waals surface area (Å²) in [5.74, 6) is 0.0968. The molecule has 0 atom stereocenters. The number of nitrogens with zero attached hydrogens (tertiary/aromatic N) is 1. The predicted octanol–water partition coefficient (Wildman–Crippen LogP) is 1.66. The number of thiocarbonyl (C=S) groups is 1. The molecule has 0 bridgehead atoms. The van der Waals surface area contributed by atoms with Crippen LogP contribution in [0.5, 0.6) is 0 Å². The lowest BCUT2D eigenvalue weighted by molar-refractivity contribution is -0.128. The summed E-state index contributed by atoms with van der Waals surface area (Å²) in [7, 11) is 0. The maximum atomic E-state index is 11.9. The van der Waals surface area contributed by atoms with Crippen molar-refractivity contribution in [2.24, 2.45) is 5.73 Å². The van der Waals surface area contributed by atoms with E-state index >= 15 is 0 Å². The van der Waals surface area contributed by atoms with Crippen LogP contribution in [-0.4, -0.2) is 34.8 Å². The molecular weight excluding hydrogens is 286 g/mol. The minimum atomic E-state index is -0.0923. The van der Waals surface area contributed by atoms with Gasteiger partial charge in [-0.3, -0.25) is 9.59 Å². The summed E-state index contributed by atoms with van der Waals surface area (Å²) >= 11 is 4.96. The Morgan fingerprint density at radius 3 is 2.81 bits per heavy atom. The van der Waals surface area contributed by atoms with Crippen LogP contribution in [0.15, 0.2) is 24.3 Å². The molecule has 1 aromatic carbocycles. The molecule has 0 saturated carbocycles. The minimum Gasteiger partial charge on any atom is -0.389 e. The van der Waals surface area contributed by atoms with E-state index in [1.54, 1.807) is 12.1 Å². The third kappa shape index (κ3) is 4.26. The lowest BCUT2D eigenvalue weighted by Gasteiger charge is -2.15. The third-order valence-electron chi connectivity index (χ3n) is 3.47. The van der Waals surface area contributed by atoms with E-state index in [1.807, 2.05) is 17.0 Å². The van der Waals surface area contributed by atoms with Crippen molar-refractivity contribution in [3.63, 3.8) is 0 Å².